The summed E-state index contributed by atoms with van der Waals surface area (Å²) in [5, 5.41) is 20.8. The molecule has 1 aromatic heterocycles. The van der Waals surface area contributed by atoms with Crippen LogP contribution >= 0.6 is 20.8 Å². The molecular weight excluding hydrogens is 426 g/mol. The molecule has 3 heterocycles. The number of fused-ring (bicyclic) bond motifs is 1. The first kappa shape index (κ1) is 20.5. The maximum atomic E-state index is 13.7. The lowest BCUT2D eigenvalue weighted by Crippen LogP contribution is -2.44. The monoisotopic (exact) mass is 444 g/mol. The van der Waals surface area contributed by atoms with Gasteiger partial charge in [-0.1, -0.05) is 30.4 Å². The Kier molecular flexibility index (Phi) is 5.56. The standard InChI is InChI=1S/C17H18FN2O7PS/c1-9-3-2-4-10-8-24-28(26-14(9)10)27-17(22,23)12-5-6-13(25-12)20-7-11(18)15(29)19-16(20)21/h2-4,7,12-13,22-23H,5-6,8H2,1H3,(H,19,21,29). The van der Waals surface area contributed by atoms with Gasteiger partial charge in [0, 0.05) is 5.56 Å². The minimum atomic E-state index is -2.73. The number of para-hydroxylation sites is 1. The average molecular weight is 444 g/mol. The van der Waals surface area contributed by atoms with Gasteiger partial charge in [-0.2, -0.15) is 0 Å². The molecule has 0 radical (unpaired) electrons. The number of aromatic amines is 1. The van der Waals surface area contributed by atoms with Gasteiger partial charge in [0.15, 0.2) is 5.82 Å². The van der Waals surface area contributed by atoms with Crippen molar-refractivity contribution in [1.82, 2.24) is 9.55 Å². The van der Waals surface area contributed by atoms with E-state index < -0.39 is 38.4 Å². The predicted octanol–water partition coefficient (Wildman–Crippen LogP) is 2.52. The van der Waals surface area contributed by atoms with Crippen LogP contribution < -0.4 is 10.2 Å². The average Bonchev–Trinajstić information content (AvgIpc) is 3.16. The van der Waals surface area contributed by atoms with Crippen molar-refractivity contribution in [3.63, 3.8) is 0 Å². The number of H-pyrrole nitrogens is 1. The molecule has 9 nitrogen and oxygen atoms in total. The van der Waals surface area contributed by atoms with Crippen molar-refractivity contribution in [3.8, 4) is 5.75 Å². The van der Waals surface area contributed by atoms with Crippen LogP contribution in [0, 0.1) is 17.4 Å². The summed E-state index contributed by atoms with van der Waals surface area (Å²) in [6.07, 6.45) is -0.843. The molecule has 29 heavy (non-hydrogen) atoms. The summed E-state index contributed by atoms with van der Waals surface area (Å²) in [5.74, 6) is -2.94. The van der Waals surface area contributed by atoms with Crippen LogP contribution in [0.15, 0.2) is 29.2 Å². The van der Waals surface area contributed by atoms with E-state index in [-0.39, 0.29) is 24.1 Å². The van der Waals surface area contributed by atoms with Gasteiger partial charge in [0.25, 0.3) is 0 Å². The number of nitrogens with one attached hydrogen (secondary N) is 1. The summed E-state index contributed by atoms with van der Waals surface area (Å²) >= 11 is 4.68. The second-order valence-corrected chi connectivity index (χ2v) is 8.18. The summed E-state index contributed by atoms with van der Waals surface area (Å²) in [5.41, 5.74) is 1.03. The van der Waals surface area contributed by atoms with Gasteiger partial charge in [0.2, 0.25) is 0 Å². The molecule has 3 N–H and O–H groups in total. The van der Waals surface area contributed by atoms with Crippen LogP contribution in [0.25, 0.3) is 0 Å². The molecule has 3 atom stereocenters. The Hall–Kier alpha value is -1.72. The first-order valence-electron chi connectivity index (χ1n) is 8.74. The fraction of sp³-hybridized carbons (Fsp3) is 0.412. The number of rotatable bonds is 4. The van der Waals surface area contributed by atoms with E-state index >= 15 is 0 Å². The SMILES string of the molecule is Cc1cccc2c1OP(OC(O)(O)C1CCC(n3cc(F)c(=S)[nH]c3=O)O1)OC2. The van der Waals surface area contributed by atoms with E-state index in [0.717, 1.165) is 21.9 Å². The third-order valence-electron chi connectivity index (χ3n) is 4.64. The van der Waals surface area contributed by atoms with E-state index in [0.29, 0.717) is 5.75 Å². The Morgan fingerprint density at radius 3 is 3.00 bits per heavy atom. The summed E-state index contributed by atoms with van der Waals surface area (Å²) in [6, 6.07) is 5.56. The van der Waals surface area contributed by atoms with Gasteiger partial charge >= 0.3 is 20.3 Å². The highest BCUT2D eigenvalue weighted by molar-refractivity contribution is 7.71. The van der Waals surface area contributed by atoms with Crippen LogP contribution in [0.2, 0.25) is 0 Å². The van der Waals surface area contributed by atoms with Gasteiger partial charge < -0.3 is 19.5 Å². The number of aryl methyl sites for hydroxylation is 1. The number of nitrogens with zero attached hydrogens (tertiary/aromatic N) is 1. The number of ether oxygens (including phenoxy) is 1. The van der Waals surface area contributed by atoms with Crippen molar-refractivity contribution >= 4 is 20.8 Å². The molecule has 0 spiro atoms. The van der Waals surface area contributed by atoms with Gasteiger partial charge in [-0.15, -0.1) is 0 Å². The number of hydrogen-bond acceptors (Lipinski definition) is 8. The first-order chi connectivity index (χ1) is 13.7. The second-order valence-electron chi connectivity index (χ2n) is 6.70. The van der Waals surface area contributed by atoms with Crippen LogP contribution in [-0.4, -0.2) is 31.8 Å². The van der Waals surface area contributed by atoms with Gasteiger partial charge in [-0.3, -0.25) is 14.1 Å². The summed E-state index contributed by atoms with van der Waals surface area (Å²) in [4.78, 5) is 14.2. The zero-order chi connectivity index (χ0) is 20.8. The van der Waals surface area contributed by atoms with E-state index in [1.54, 1.807) is 0 Å². The molecule has 2 aliphatic rings. The van der Waals surface area contributed by atoms with Crippen molar-refractivity contribution in [2.45, 2.75) is 44.7 Å². The lowest BCUT2D eigenvalue weighted by molar-refractivity contribution is -0.346. The lowest BCUT2D eigenvalue weighted by atomic mass is 10.1. The Bertz CT molecular complexity index is 1040. The summed E-state index contributed by atoms with van der Waals surface area (Å²) < 4.78 is 36.2. The zero-order valence-corrected chi connectivity index (χ0v) is 16.9. The van der Waals surface area contributed by atoms with Crippen LogP contribution in [0.1, 0.15) is 30.2 Å². The molecule has 0 amide bonds. The molecule has 0 saturated carbocycles. The Labute approximate surface area is 170 Å². The summed E-state index contributed by atoms with van der Waals surface area (Å²) in [7, 11) is -2.09. The normalized spacial score (nSPS) is 24.2. The molecule has 0 aliphatic carbocycles. The molecule has 4 rings (SSSR count). The molecule has 1 aromatic carbocycles. The minimum absolute atomic E-state index is 0.139. The van der Waals surface area contributed by atoms with Crippen molar-refractivity contribution in [1.29, 1.82) is 0 Å². The third-order valence-corrected chi connectivity index (χ3v) is 6.03. The fourth-order valence-electron chi connectivity index (χ4n) is 3.17. The highest BCUT2D eigenvalue weighted by atomic mass is 32.1. The molecule has 12 heteroatoms. The highest BCUT2D eigenvalue weighted by Crippen LogP contribution is 2.51. The molecular formula is C17H18FN2O7PS. The maximum absolute atomic E-state index is 13.7. The largest absolute Gasteiger partial charge is 0.426 e. The number of aliphatic hydroxyl groups is 2. The molecule has 0 bridgehead atoms. The minimum Gasteiger partial charge on any atom is -0.426 e. The second kappa shape index (κ2) is 7.84. The lowest BCUT2D eigenvalue weighted by Gasteiger charge is -2.32. The van der Waals surface area contributed by atoms with E-state index in [4.69, 9.17) is 18.3 Å². The first-order valence-corrected chi connectivity index (χ1v) is 10.2. The van der Waals surface area contributed by atoms with Crippen molar-refractivity contribution in [2.24, 2.45) is 0 Å². The van der Waals surface area contributed by atoms with Crippen LogP contribution in [0.5, 0.6) is 5.75 Å². The van der Waals surface area contributed by atoms with Crippen molar-refractivity contribution in [3.05, 3.63) is 56.5 Å². The summed E-state index contributed by atoms with van der Waals surface area (Å²) in [6.45, 7) is 2.06. The van der Waals surface area contributed by atoms with Crippen LogP contribution in [-0.2, 0) is 20.4 Å². The molecule has 1 fully saturated rings. The van der Waals surface area contributed by atoms with Gasteiger partial charge in [-0.05, 0) is 25.3 Å². The van der Waals surface area contributed by atoms with Crippen molar-refractivity contribution < 1.29 is 32.9 Å². The third kappa shape index (κ3) is 4.13. The van der Waals surface area contributed by atoms with E-state index in [1.165, 1.54) is 0 Å². The van der Waals surface area contributed by atoms with Gasteiger partial charge in [0.05, 0.1) is 12.8 Å². The van der Waals surface area contributed by atoms with Crippen LogP contribution in [0.3, 0.4) is 0 Å². The van der Waals surface area contributed by atoms with Gasteiger partial charge in [0.1, 0.15) is 22.7 Å². The fourth-order valence-corrected chi connectivity index (χ4v) is 4.44. The highest BCUT2D eigenvalue weighted by Gasteiger charge is 2.47. The smallest absolute Gasteiger partial charge is 0.402 e. The number of aromatic nitrogens is 2. The molecule has 2 aliphatic heterocycles. The van der Waals surface area contributed by atoms with Crippen molar-refractivity contribution in [2.75, 3.05) is 0 Å². The zero-order valence-electron chi connectivity index (χ0n) is 15.2. The Balaban J connectivity index is 1.45. The van der Waals surface area contributed by atoms with E-state index in [1.807, 2.05) is 25.1 Å². The Morgan fingerprint density at radius 2 is 2.21 bits per heavy atom. The van der Waals surface area contributed by atoms with E-state index in [2.05, 4.69) is 17.2 Å². The molecule has 2 aromatic rings. The van der Waals surface area contributed by atoms with E-state index in [9.17, 15) is 19.4 Å². The number of benzene rings is 1. The number of hydrogen-bond donors (Lipinski definition) is 3. The number of halogens is 1. The molecule has 1 saturated heterocycles. The quantitative estimate of drug-likeness (QED) is 0.375. The Morgan fingerprint density at radius 1 is 1.41 bits per heavy atom. The maximum Gasteiger partial charge on any atom is 0.402 e. The van der Waals surface area contributed by atoms with Crippen LogP contribution in [0.4, 0.5) is 4.39 Å². The molecule has 156 valence electrons. The topological polar surface area (TPSA) is 115 Å². The predicted molar refractivity (Wildman–Crippen MR) is 101 cm³/mol. The molecule has 3 unspecified atom stereocenters. The van der Waals surface area contributed by atoms with Gasteiger partial charge in [-0.25, -0.2) is 13.7 Å².